The van der Waals surface area contributed by atoms with Gasteiger partial charge in [-0.3, -0.25) is 0 Å². The summed E-state index contributed by atoms with van der Waals surface area (Å²) in [5.74, 6) is 1.85. The van der Waals surface area contributed by atoms with Crippen molar-refractivity contribution in [3.63, 3.8) is 0 Å². The zero-order valence-electron chi connectivity index (χ0n) is 27.6. The molecule has 2 nitrogen and oxygen atoms in total. The number of allylic oxidation sites excluding steroid dienone is 17. The van der Waals surface area contributed by atoms with Crippen molar-refractivity contribution in [3.05, 3.63) is 153 Å². The van der Waals surface area contributed by atoms with Crippen LogP contribution in [0.25, 0.3) is 11.1 Å². The standard InChI is InChI=1S/C45H46N2/c1-4-15-29(16-5-1)39-32-21-10-11-22-33(32)40(30-17-6-2-7-18-30)43-37-27-26-35(34-23-14-24-36(41(34)37)42(39)43)45-44(31-19-8-3-9-20-31)46-38-25-12-13-28-47(38)45/h1-2,4,6,10-11,13,15,17,19,21-22,24,26-28,34,38,41-43,46H,3,5,7-9,12,14,16,18,20,23,25H2. The molecule has 1 aromatic carbocycles. The summed E-state index contributed by atoms with van der Waals surface area (Å²) in [6.07, 6.45) is 44.3. The molecule has 2 heteroatoms. The lowest BCUT2D eigenvalue weighted by atomic mass is 9.69. The monoisotopic (exact) mass is 614 g/mol. The van der Waals surface area contributed by atoms with Gasteiger partial charge in [0.1, 0.15) is 6.17 Å². The molecule has 7 aliphatic carbocycles. The molecule has 0 saturated heterocycles. The fourth-order valence-corrected chi connectivity index (χ4v) is 10.8. The van der Waals surface area contributed by atoms with Crippen molar-refractivity contribution in [3.8, 4) is 0 Å². The molecule has 0 spiro atoms. The Kier molecular flexibility index (Phi) is 6.73. The van der Waals surface area contributed by atoms with E-state index in [0.29, 0.717) is 29.8 Å². The minimum absolute atomic E-state index is 0.385. The van der Waals surface area contributed by atoms with Crippen molar-refractivity contribution in [1.29, 1.82) is 0 Å². The Labute approximate surface area is 280 Å². The van der Waals surface area contributed by atoms with Crippen molar-refractivity contribution < 1.29 is 0 Å². The zero-order chi connectivity index (χ0) is 30.9. The summed E-state index contributed by atoms with van der Waals surface area (Å²) in [4.78, 5) is 2.63. The van der Waals surface area contributed by atoms with Gasteiger partial charge in [0.25, 0.3) is 0 Å². The molecule has 236 valence electrons. The van der Waals surface area contributed by atoms with E-state index in [1.165, 1.54) is 66.8 Å². The molecule has 1 fully saturated rings. The summed E-state index contributed by atoms with van der Waals surface area (Å²) in [5, 5.41) is 7.06. The quantitative estimate of drug-likeness (QED) is 0.341. The summed E-state index contributed by atoms with van der Waals surface area (Å²) >= 11 is 0. The highest BCUT2D eigenvalue weighted by Crippen LogP contribution is 2.63. The second-order valence-electron chi connectivity index (χ2n) is 15.0. The fraction of sp³-hybridized carbons (Fsp3) is 0.378. The van der Waals surface area contributed by atoms with Crippen molar-refractivity contribution >= 4 is 11.1 Å². The molecular formula is C45H46N2. The van der Waals surface area contributed by atoms with Crippen LogP contribution in [0, 0.1) is 23.7 Å². The van der Waals surface area contributed by atoms with Crippen molar-refractivity contribution in [2.24, 2.45) is 23.7 Å². The second-order valence-corrected chi connectivity index (χ2v) is 15.0. The lowest BCUT2D eigenvalue weighted by Gasteiger charge is -2.38. The number of nitrogens with zero attached hydrogens (tertiary/aromatic N) is 1. The summed E-state index contributed by atoms with van der Waals surface area (Å²) in [5.41, 5.74) is 15.9. The molecule has 0 bridgehead atoms. The van der Waals surface area contributed by atoms with Crippen molar-refractivity contribution in [1.82, 2.24) is 10.2 Å². The van der Waals surface area contributed by atoms with Crippen LogP contribution >= 0.6 is 0 Å². The van der Waals surface area contributed by atoms with Gasteiger partial charge in [0.2, 0.25) is 0 Å². The number of fused-ring (bicyclic) bond motifs is 5. The molecule has 2 heterocycles. The Bertz CT molecular complexity index is 1990. The second kappa shape index (κ2) is 11.3. The molecule has 5 unspecified atom stereocenters. The van der Waals surface area contributed by atoms with Crippen molar-refractivity contribution in [2.45, 2.75) is 83.2 Å². The highest BCUT2D eigenvalue weighted by Gasteiger charge is 2.54. The SMILES string of the molecule is C1=CCCC(C2=c3ccccc3=C(C3=CC=CCC3)C3C4=CCCC5C(C6=C(C7=CCCCC7)NC7CCC=CN67)=CC=C(C45)C23)=C1. The Hall–Kier alpha value is -4.04. The van der Waals surface area contributed by atoms with E-state index >= 15 is 0 Å². The van der Waals surface area contributed by atoms with E-state index in [9.17, 15) is 0 Å². The number of hydrogen-bond donors (Lipinski definition) is 1. The average Bonchev–Trinajstić information content (AvgIpc) is 3.69. The highest BCUT2D eigenvalue weighted by molar-refractivity contribution is 5.84. The maximum atomic E-state index is 4.08. The summed E-state index contributed by atoms with van der Waals surface area (Å²) in [6.45, 7) is 0. The van der Waals surface area contributed by atoms with E-state index in [1.807, 2.05) is 0 Å². The van der Waals surface area contributed by atoms with Gasteiger partial charge in [-0.25, -0.2) is 0 Å². The number of benzene rings is 1. The average molecular weight is 615 g/mol. The van der Waals surface area contributed by atoms with Crippen LogP contribution in [-0.2, 0) is 0 Å². The van der Waals surface area contributed by atoms with Gasteiger partial charge in [-0.05, 0) is 127 Å². The topological polar surface area (TPSA) is 15.3 Å². The molecule has 10 rings (SSSR count). The number of rotatable bonds is 4. The predicted octanol–water partition coefficient (Wildman–Crippen LogP) is 8.87. The molecule has 0 radical (unpaired) electrons. The minimum atomic E-state index is 0.385. The van der Waals surface area contributed by atoms with E-state index in [2.05, 4.69) is 108 Å². The van der Waals surface area contributed by atoms with Crippen LogP contribution in [0.5, 0.6) is 0 Å². The number of nitrogens with one attached hydrogen (secondary N) is 1. The molecule has 9 aliphatic rings. The Morgan fingerprint density at radius 1 is 0.617 bits per heavy atom. The van der Waals surface area contributed by atoms with Gasteiger partial charge >= 0.3 is 0 Å². The molecule has 0 amide bonds. The third-order valence-corrected chi connectivity index (χ3v) is 12.6. The Morgan fingerprint density at radius 3 is 2.09 bits per heavy atom. The molecule has 47 heavy (non-hydrogen) atoms. The van der Waals surface area contributed by atoms with Gasteiger partial charge in [-0.1, -0.05) is 102 Å². The molecule has 1 aromatic rings. The van der Waals surface area contributed by atoms with Crippen LogP contribution < -0.4 is 15.8 Å². The lowest BCUT2D eigenvalue weighted by molar-refractivity contribution is 0.304. The summed E-state index contributed by atoms with van der Waals surface area (Å²) in [6, 6.07) is 9.46. The zero-order valence-corrected chi connectivity index (χ0v) is 27.6. The summed E-state index contributed by atoms with van der Waals surface area (Å²) < 4.78 is 0. The fourth-order valence-electron chi connectivity index (χ4n) is 10.8. The molecule has 1 saturated carbocycles. The van der Waals surface area contributed by atoms with Crippen LogP contribution in [0.15, 0.2) is 142 Å². The van der Waals surface area contributed by atoms with E-state index < -0.39 is 0 Å². The molecule has 0 aromatic heterocycles. The smallest absolute Gasteiger partial charge is 0.104 e. The lowest BCUT2D eigenvalue weighted by Crippen LogP contribution is -2.40. The third-order valence-electron chi connectivity index (χ3n) is 12.6. The van der Waals surface area contributed by atoms with Crippen LogP contribution in [0.4, 0.5) is 0 Å². The first kappa shape index (κ1) is 28.0. The van der Waals surface area contributed by atoms with Crippen LogP contribution in [0.3, 0.4) is 0 Å². The van der Waals surface area contributed by atoms with Crippen LogP contribution in [0.2, 0.25) is 0 Å². The van der Waals surface area contributed by atoms with E-state index in [0.717, 1.165) is 32.1 Å². The molecular weight excluding hydrogens is 569 g/mol. The van der Waals surface area contributed by atoms with Gasteiger partial charge in [0, 0.05) is 24.0 Å². The van der Waals surface area contributed by atoms with Gasteiger partial charge in [-0.2, -0.15) is 0 Å². The molecule has 2 aliphatic heterocycles. The first-order valence-corrected chi connectivity index (χ1v) is 18.7. The van der Waals surface area contributed by atoms with Gasteiger partial charge in [-0.15, -0.1) is 0 Å². The first-order chi connectivity index (χ1) is 23.4. The third kappa shape index (κ3) is 4.29. The van der Waals surface area contributed by atoms with E-state index in [1.54, 1.807) is 44.6 Å². The maximum Gasteiger partial charge on any atom is 0.104 e. The first-order valence-electron chi connectivity index (χ1n) is 18.7. The Morgan fingerprint density at radius 2 is 1.38 bits per heavy atom. The number of hydrogen-bond acceptors (Lipinski definition) is 2. The molecule has 1 N–H and O–H groups in total. The van der Waals surface area contributed by atoms with Crippen LogP contribution in [-0.4, -0.2) is 11.1 Å². The maximum absolute atomic E-state index is 4.08. The normalized spacial score (nSPS) is 31.9. The highest BCUT2D eigenvalue weighted by atomic mass is 15.3. The van der Waals surface area contributed by atoms with Crippen molar-refractivity contribution in [2.75, 3.05) is 0 Å². The van der Waals surface area contributed by atoms with Gasteiger partial charge < -0.3 is 10.2 Å². The predicted molar refractivity (Wildman–Crippen MR) is 194 cm³/mol. The van der Waals surface area contributed by atoms with Gasteiger partial charge in [0.05, 0.1) is 11.4 Å². The molecule has 5 atom stereocenters. The van der Waals surface area contributed by atoms with Gasteiger partial charge in [0.15, 0.2) is 0 Å². The van der Waals surface area contributed by atoms with E-state index in [-0.39, 0.29) is 0 Å². The summed E-state index contributed by atoms with van der Waals surface area (Å²) in [7, 11) is 0. The largest absolute Gasteiger partial charge is 0.363 e. The van der Waals surface area contributed by atoms with E-state index in [4.69, 9.17) is 0 Å². The Balaban J connectivity index is 1.19. The van der Waals surface area contributed by atoms with Crippen LogP contribution in [0.1, 0.15) is 77.0 Å². The minimum Gasteiger partial charge on any atom is -0.363 e.